The molecule has 1 aromatic heterocycles. The van der Waals surface area contributed by atoms with Crippen molar-refractivity contribution in [2.75, 3.05) is 0 Å². The van der Waals surface area contributed by atoms with Gasteiger partial charge in [0.2, 0.25) is 5.91 Å². The average Bonchev–Trinajstić information content (AvgIpc) is 3.02. The molecule has 2 aliphatic rings. The van der Waals surface area contributed by atoms with Gasteiger partial charge in [0, 0.05) is 17.0 Å². The van der Waals surface area contributed by atoms with Crippen molar-refractivity contribution in [1.29, 1.82) is 0 Å². The van der Waals surface area contributed by atoms with Crippen molar-refractivity contribution in [2.45, 2.75) is 32.6 Å². The molecular weight excluding hydrogens is 382 g/mol. The highest BCUT2D eigenvalue weighted by molar-refractivity contribution is 6.30. The normalized spacial score (nSPS) is 26.1. The number of carbonyl (C=O) groups is 1. The molecule has 2 fully saturated rings. The molecule has 1 N–H and O–H groups in total. The Morgan fingerprint density at radius 3 is 2.93 bits per heavy atom. The summed E-state index contributed by atoms with van der Waals surface area (Å²) in [6.45, 7) is 2.18. The third-order valence-electron chi connectivity index (χ3n) is 6.03. The standard InChI is InChI=1S/C20H20ClN3O4/c1-20-9-3-2-4-15(20)18(20)19(25)23-22-11-13-6-8-17(28-13)14-7-5-12(21)10-16(14)24(26)27/h5-8,10-11,15,18H,2-4,9H2,1H3,(H,23,25)/b22-11-/t15-,18+,20-/m0/s1. The molecule has 0 radical (unpaired) electrons. The zero-order chi connectivity index (χ0) is 19.9. The van der Waals surface area contributed by atoms with Crippen LogP contribution in [0.2, 0.25) is 5.02 Å². The summed E-state index contributed by atoms with van der Waals surface area (Å²) < 4.78 is 5.62. The van der Waals surface area contributed by atoms with Crippen molar-refractivity contribution < 1.29 is 14.1 Å². The molecule has 28 heavy (non-hydrogen) atoms. The molecule has 0 aliphatic heterocycles. The second-order valence-electron chi connectivity index (χ2n) is 7.69. The van der Waals surface area contributed by atoms with E-state index in [-0.39, 0.29) is 28.0 Å². The number of carbonyl (C=O) groups excluding carboxylic acids is 1. The molecule has 0 unspecified atom stereocenters. The Labute approximate surface area is 166 Å². The van der Waals surface area contributed by atoms with Gasteiger partial charge in [0.05, 0.1) is 16.7 Å². The fourth-order valence-electron chi connectivity index (χ4n) is 4.51. The van der Waals surface area contributed by atoms with Gasteiger partial charge >= 0.3 is 0 Å². The van der Waals surface area contributed by atoms with Crippen LogP contribution in [-0.2, 0) is 4.79 Å². The lowest BCUT2D eigenvalue weighted by Gasteiger charge is -2.15. The summed E-state index contributed by atoms with van der Waals surface area (Å²) in [5.41, 5.74) is 2.92. The number of nitrogens with one attached hydrogen (secondary N) is 1. The third kappa shape index (κ3) is 3.30. The molecule has 1 amide bonds. The molecule has 146 valence electrons. The van der Waals surface area contributed by atoms with E-state index in [1.54, 1.807) is 18.2 Å². The van der Waals surface area contributed by atoms with E-state index in [4.69, 9.17) is 16.0 Å². The number of hydrazone groups is 1. The summed E-state index contributed by atoms with van der Waals surface area (Å²) in [5, 5.41) is 15.5. The number of furan rings is 1. The molecule has 2 aromatic rings. The van der Waals surface area contributed by atoms with Gasteiger partial charge in [0.1, 0.15) is 11.5 Å². The predicted octanol–water partition coefficient (Wildman–Crippen LogP) is 4.78. The fraction of sp³-hybridized carbons (Fsp3) is 0.400. The summed E-state index contributed by atoms with van der Waals surface area (Å²) in [6, 6.07) is 7.65. The number of benzene rings is 1. The SMILES string of the molecule is C[C@]12CCCC[C@H]1[C@@H]2C(=O)N/N=C\c1ccc(-c2ccc(Cl)cc2[N+](=O)[O-])o1. The van der Waals surface area contributed by atoms with Gasteiger partial charge in [-0.2, -0.15) is 5.10 Å². The topological polar surface area (TPSA) is 97.7 Å². The summed E-state index contributed by atoms with van der Waals surface area (Å²) in [6.07, 6.45) is 5.99. The monoisotopic (exact) mass is 401 g/mol. The van der Waals surface area contributed by atoms with E-state index in [2.05, 4.69) is 17.5 Å². The summed E-state index contributed by atoms with van der Waals surface area (Å²) in [7, 11) is 0. The molecule has 4 rings (SSSR count). The number of rotatable bonds is 5. The lowest BCUT2D eigenvalue weighted by molar-refractivity contribution is -0.384. The molecule has 0 bridgehead atoms. The Bertz CT molecular complexity index is 970. The first-order valence-electron chi connectivity index (χ1n) is 9.27. The van der Waals surface area contributed by atoms with Crippen LogP contribution in [0.3, 0.4) is 0 Å². The van der Waals surface area contributed by atoms with Gasteiger partial charge in [0.25, 0.3) is 5.69 Å². The maximum absolute atomic E-state index is 12.4. The van der Waals surface area contributed by atoms with Crippen molar-refractivity contribution >= 4 is 29.4 Å². The second-order valence-corrected chi connectivity index (χ2v) is 8.13. The van der Waals surface area contributed by atoms with Crippen LogP contribution in [0.25, 0.3) is 11.3 Å². The van der Waals surface area contributed by atoms with E-state index in [0.717, 1.165) is 12.8 Å². The minimum absolute atomic E-state index is 0.0380. The quantitative estimate of drug-likeness (QED) is 0.442. The third-order valence-corrected chi connectivity index (χ3v) is 6.26. The van der Waals surface area contributed by atoms with Crippen LogP contribution >= 0.6 is 11.6 Å². The maximum atomic E-state index is 12.4. The average molecular weight is 402 g/mol. The van der Waals surface area contributed by atoms with Crippen LogP contribution < -0.4 is 5.43 Å². The Morgan fingerprint density at radius 2 is 2.21 bits per heavy atom. The van der Waals surface area contributed by atoms with Crippen LogP contribution in [0.5, 0.6) is 0 Å². The molecule has 0 saturated heterocycles. The number of nitro benzene ring substituents is 1. The Kier molecular flexibility index (Phi) is 4.71. The van der Waals surface area contributed by atoms with Gasteiger partial charge in [-0.3, -0.25) is 14.9 Å². The Hall–Kier alpha value is -2.67. The minimum atomic E-state index is -0.507. The molecule has 1 aromatic carbocycles. The first-order chi connectivity index (χ1) is 13.4. The van der Waals surface area contributed by atoms with Crippen molar-refractivity contribution in [1.82, 2.24) is 5.43 Å². The van der Waals surface area contributed by atoms with Crippen molar-refractivity contribution in [3.05, 3.63) is 51.2 Å². The fourth-order valence-corrected chi connectivity index (χ4v) is 4.68. The van der Waals surface area contributed by atoms with Crippen LogP contribution in [-0.4, -0.2) is 17.0 Å². The number of nitro groups is 1. The predicted molar refractivity (Wildman–Crippen MR) is 105 cm³/mol. The number of amides is 1. The smallest absolute Gasteiger partial charge is 0.281 e. The molecule has 2 saturated carbocycles. The van der Waals surface area contributed by atoms with E-state index in [1.165, 1.54) is 31.2 Å². The number of halogens is 1. The van der Waals surface area contributed by atoms with E-state index in [9.17, 15) is 14.9 Å². The molecule has 2 aliphatic carbocycles. The van der Waals surface area contributed by atoms with Gasteiger partial charge in [-0.15, -0.1) is 0 Å². The summed E-state index contributed by atoms with van der Waals surface area (Å²) in [4.78, 5) is 23.1. The van der Waals surface area contributed by atoms with Crippen LogP contribution in [0, 0.1) is 27.4 Å². The first kappa shape index (κ1) is 18.7. The first-order valence-corrected chi connectivity index (χ1v) is 9.65. The van der Waals surface area contributed by atoms with E-state index in [0.29, 0.717) is 23.0 Å². The number of fused-ring (bicyclic) bond motifs is 1. The molecule has 0 spiro atoms. The second kappa shape index (κ2) is 7.05. The van der Waals surface area contributed by atoms with E-state index >= 15 is 0 Å². The Balaban J connectivity index is 1.43. The highest BCUT2D eigenvalue weighted by Gasteiger charge is 2.64. The van der Waals surface area contributed by atoms with Crippen LogP contribution in [0.1, 0.15) is 38.4 Å². The van der Waals surface area contributed by atoms with Gasteiger partial charge in [-0.1, -0.05) is 31.4 Å². The van der Waals surface area contributed by atoms with Crippen molar-refractivity contribution in [2.24, 2.45) is 22.4 Å². The lowest BCUT2D eigenvalue weighted by atomic mass is 9.90. The van der Waals surface area contributed by atoms with Gasteiger partial charge in [-0.25, -0.2) is 5.43 Å². The van der Waals surface area contributed by atoms with Crippen molar-refractivity contribution in [3.8, 4) is 11.3 Å². The molecule has 8 heteroatoms. The number of hydrogen-bond acceptors (Lipinski definition) is 5. The zero-order valence-electron chi connectivity index (χ0n) is 15.4. The van der Waals surface area contributed by atoms with Crippen molar-refractivity contribution in [3.63, 3.8) is 0 Å². The van der Waals surface area contributed by atoms with Crippen LogP contribution in [0.15, 0.2) is 39.9 Å². The molecule has 7 nitrogen and oxygen atoms in total. The molecule has 3 atom stereocenters. The summed E-state index contributed by atoms with van der Waals surface area (Å²) in [5.74, 6) is 1.18. The van der Waals surface area contributed by atoms with E-state index < -0.39 is 4.92 Å². The maximum Gasteiger partial charge on any atom is 0.281 e. The van der Waals surface area contributed by atoms with Crippen LogP contribution in [0.4, 0.5) is 5.69 Å². The molecular formula is C20H20ClN3O4. The van der Waals surface area contributed by atoms with E-state index in [1.807, 2.05) is 0 Å². The summed E-state index contributed by atoms with van der Waals surface area (Å²) >= 11 is 5.84. The lowest BCUT2D eigenvalue weighted by Crippen LogP contribution is -2.22. The highest BCUT2D eigenvalue weighted by atomic mass is 35.5. The number of nitrogens with zero attached hydrogens (tertiary/aromatic N) is 2. The number of hydrogen-bond donors (Lipinski definition) is 1. The molecule has 1 heterocycles. The Morgan fingerprint density at radius 1 is 1.39 bits per heavy atom. The largest absolute Gasteiger partial charge is 0.455 e. The van der Waals surface area contributed by atoms with Gasteiger partial charge in [0.15, 0.2) is 0 Å². The van der Waals surface area contributed by atoms with Gasteiger partial charge < -0.3 is 4.42 Å². The minimum Gasteiger partial charge on any atom is -0.455 e. The zero-order valence-corrected chi connectivity index (χ0v) is 16.1. The highest BCUT2D eigenvalue weighted by Crippen LogP contribution is 2.66. The van der Waals surface area contributed by atoms with Gasteiger partial charge in [-0.05, 0) is 48.4 Å².